The largest absolute Gasteiger partial charge is 0.416 e. The Hall–Kier alpha value is -2.27. The first-order chi connectivity index (χ1) is 17.5. The third-order valence-corrected chi connectivity index (χ3v) is 8.46. The maximum absolute atomic E-state index is 13.6. The summed E-state index contributed by atoms with van der Waals surface area (Å²) in [6, 6.07) is 15.0. The van der Waals surface area contributed by atoms with Gasteiger partial charge in [-0.3, -0.25) is 0 Å². The van der Waals surface area contributed by atoms with Gasteiger partial charge in [-0.05, 0) is 67.8 Å². The third kappa shape index (κ3) is 5.99. The van der Waals surface area contributed by atoms with Gasteiger partial charge in [0, 0.05) is 35.6 Å². The van der Waals surface area contributed by atoms with Crippen LogP contribution in [0, 0.1) is 5.92 Å². The van der Waals surface area contributed by atoms with Gasteiger partial charge in [-0.15, -0.1) is 0 Å². The molecule has 1 unspecified atom stereocenters. The quantitative estimate of drug-likeness (QED) is 0.330. The van der Waals surface area contributed by atoms with Crippen molar-refractivity contribution in [3.8, 4) is 0 Å². The maximum atomic E-state index is 13.6. The number of nitrogens with one attached hydrogen (secondary N) is 1. The molecule has 2 aliphatic carbocycles. The Morgan fingerprint density at radius 2 is 1.58 bits per heavy atom. The highest BCUT2D eigenvalue weighted by Gasteiger charge is 2.31. The van der Waals surface area contributed by atoms with Crippen molar-refractivity contribution in [2.45, 2.75) is 95.3 Å². The van der Waals surface area contributed by atoms with Gasteiger partial charge < -0.3 is 9.88 Å². The van der Waals surface area contributed by atoms with Gasteiger partial charge in [0.05, 0.1) is 5.56 Å². The molecule has 1 heterocycles. The Bertz CT molecular complexity index is 1120. The molecule has 3 aromatic rings. The molecule has 0 radical (unpaired) electrons. The summed E-state index contributed by atoms with van der Waals surface area (Å²) >= 11 is 0. The molecule has 194 valence electrons. The molecule has 2 aliphatic rings. The number of aromatic nitrogens is 1. The fourth-order valence-corrected chi connectivity index (χ4v) is 6.52. The summed E-state index contributed by atoms with van der Waals surface area (Å²) in [5.74, 6) is 0.600. The molecule has 0 saturated heterocycles. The van der Waals surface area contributed by atoms with E-state index in [0.29, 0.717) is 12.0 Å². The van der Waals surface area contributed by atoms with Gasteiger partial charge in [-0.1, -0.05) is 74.9 Å². The lowest BCUT2D eigenvalue weighted by Crippen LogP contribution is -2.32. The fourth-order valence-electron chi connectivity index (χ4n) is 6.52. The average molecular weight is 497 g/mol. The minimum atomic E-state index is -4.34. The summed E-state index contributed by atoms with van der Waals surface area (Å²) in [6.07, 6.45) is 11.4. The molecule has 2 saturated carbocycles. The number of rotatable bonds is 8. The molecule has 0 amide bonds. The predicted octanol–water partition coefficient (Wildman–Crippen LogP) is 8.68. The zero-order valence-electron chi connectivity index (χ0n) is 21.2. The molecule has 1 N–H and O–H groups in total. The van der Waals surface area contributed by atoms with Crippen LogP contribution < -0.4 is 5.32 Å². The number of nitrogens with zero attached hydrogens (tertiary/aromatic N) is 1. The lowest BCUT2D eigenvalue weighted by Gasteiger charge is -2.25. The molecule has 36 heavy (non-hydrogen) atoms. The number of fused-ring (bicyclic) bond motifs is 1. The maximum Gasteiger partial charge on any atom is 0.416 e. The standard InChI is InChI=1S/C31H39F3N2/c32-31(33,34)25-13-9-12-24(20-25)27(18-19-35-26-14-5-2-6-15-26)29-22-36(21-23-10-3-1-4-11-23)30-17-8-7-16-28(29)30/h7-9,12-13,16-17,20,22-23,26-27,35H,1-6,10-11,14-15,18-19,21H2. The Morgan fingerprint density at radius 3 is 2.33 bits per heavy atom. The van der Waals surface area contributed by atoms with E-state index in [0.717, 1.165) is 30.6 Å². The minimum absolute atomic E-state index is 0.0825. The van der Waals surface area contributed by atoms with Crippen molar-refractivity contribution in [2.24, 2.45) is 5.92 Å². The molecule has 1 atom stereocenters. The molecule has 2 fully saturated rings. The highest BCUT2D eigenvalue weighted by atomic mass is 19.4. The first kappa shape index (κ1) is 25.4. The highest BCUT2D eigenvalue weighted by Crippen LogP contribution is 2.38. The number of hydrogen-bond donors (Lipinski definition) is 1. The average Bonchev–Trinajstić information content (AvgIpc) is 3.25. The second kappa shape index (κ2) is 11.4. The molecule has 5 heteroatoms. The minimum Gasteiger partial charge on any atom is -0.347 e. The van der Waals surface area contributed by atoms with Crippen LogP contribution in [0.25, 0.3) is 10.9 Å². The summed E-state index contributed by atoms with van der Waals surface area (Å²) in [5, 5.41) is 4.90. The van der Waals surface area contributed by atoms with Gasteiger partial charge in [0.25, 0.3) is 0 Å². The van der Waals surface area contributed by atoms with Crippen molar-refractivity contribution in [1.82, 2.24) is 9.88 Å². The van der Waals surface area contributed by atoms with Crippen molar-refractivity contribution in [2.75, 3.05) is 6.54 Å². The molecule has 2 aromatic carbocycles. The second-order valence-electron chi connectivity index (χ2n) is 11.0. The van der Waals surface area contributed by atoms with E-state index >= 15 is 0 Å². The highest BCUT2D eigenvalue weighted by molar-refractivity contribution is 5.85. The van der Waals surface area contributed by atoms with E-state index in [1.165, 1.54) is 87.2 Å². The summed E-state index contributed by atoms with van der Waals surface area (Å²) in [6.45, 7) is 1.81. The first-order valence-corrected chi connectivity index (χ1v) is 14.0. The van der Waals surface area contributed by atoms with Crippen LogP contribution in [-0.2, 0) is 12.7 Å². The molecule has 1 aromatic heterocycles. The normalized spacial score (nSPS) is 19.1. The molecule has 0 spiro atoms. The monoisotopic (exact) mass is 496 g/mol. The van der Waals surface area contributed by atoms with E-state index in [1.807, 2.05) is 6.07 Å². The Kier molecular flexibility index (Phi) is 8.05. The van der Waals surface area contributed by atoms with Gasteiger partial charge >= 0.3 is 6.18 Å². The summed E-state index contributed by atoms with van der Waals surface area (Å²) in [5.41, 5.74) is 2.56. The summed E-state index contributed by atoms with van der Waals surface area (Å²) in [4.78, 5) is 0. The van der Waals surface area contributed by atoms with Crippen LogP contribution in [0.15, 0.2) is 54.7 Å². The van der Waals surface area contributed by atoms with Crippen molar-refractivity contribution in [3.05, 3.63) is 71.4 Å². The van der Waals surface area contributed by atoms with Gasteiger partial charge in [0.1, 0.15) is 0 Å². The van der Waals surface area contributed by atoms with Crippen molar-refractivity contribution < 1.29 is 13.2 Å². The number of alkyl halides is 3. The molecule has 0 bridgehead atoms. The van der Waals surface area contributed by atoms with Crippen molar-refractivity contribution >= 4 is 10.9 Å². The van der Waals surface area contributed by atoms with Gasteiger partial charge in [-0.25, -0.2) is 0 Å². The molecular formula is C31H39F3N2. The van der Waals surface area contributed by atoms with Crippen LogP contribution in [0.2, 0.25) is 0 Å². The lowest BCUT2D eigenvalue weighted by molar-refractivity contribution is -0.137. The Morgan fingerprint density at radius 1 is 0.861 bits per heavy atom. The van der Waals surface area contributed by atoms with Crippen LogP contribution in [0.5, 0.6) is 0 Å². The van der Waals surface area contributed by atoms with E-state index in [1.54, 1.807) is 6.07 Å². The number of halogens is 3. The number of para-hydroxylation sites is 1. The molecular weight excluding hydrogens is 457 g/mol. The molecule has 2 nitrogen and oxygen atoms in total. The fraction of sp³-hybridized carbons (Fsp3) is 0.548. The van der Waals surface area contributed by atoms with E-state index in [-0.39, 0.29) is 5.92 Å². The zero-order chi connectivity index (χ0) is 25.0. The van der Waals surface area contributed by atoms with Gasteiger partial charge in [0.15, 0.2) is 0 Å². The summed E-state index contributed by atoms with van der Waals surface area (Å²) < 4.78 is 43.3. The van der Waals surface area contributed by atoms with Crippen molar-refractivity contribution in [1.29, 1.82) is 0 Å². The van der Waals surface area contributed by atoms with E-state index < -0.39 is 11.7 Å². The van der Waals surface area contributed by atoms with Gasteiger partial charge in [-0.2, -0.15) is 13.2 Å². The molecule has 5 rings (SSSR count). The van der Waals surface area contributed by atoms with Crippen LogP contribution in [0.1, 0.15) is 93.2 Å². The second-order valence-corrected chi connectivity index (χ2v) is 11.0. The topological polar surface area (TPSA) is 17.0 Å². The van der Waals surface area contributed by atoms with Crippen LogP contribution in [0.3, 0.4) is 0 Å². The van der Waals surface area contributed by atoms with Crippen molar-refractivity contribution in [3.63, 3.8) is 0 Å². The zero-order valence-corrected chi connectivity index (χ0v) is 21.2. The van der Waals surface area contributed by atoms with E-state index in [9.17, 15) is 13.2 Å². The smallest absolute Gasteiger partial charge is 0.347 e. The Labute approximate surface area is 213 Å². The molecule has 0 aliphatic heterocycles. The Balaban J connectivity index is 1.47. The third-order valence-electron chi connectivity index (χ3n) is 8.46. The van der Waals surface area contributed by atoms with E-state index in [4.69, 9.17) is 0 Å². The number of hydrogen-bond acceptors (Lipinski definition) is 1. The van der Waals surface area contributed by atoms with Crippen LogP contribution in [-0.4, -0.2) is 17.2 Å². The predicted molar refractivity (Wildman–Crippen MR) is 141 cm³/mol. The van der Waals surface area contributed by atoms with Crippen LogP contribution >= 0.6 is 0 Å². The van der Waals surface area contributed by atoms with E-state index in [2.05, 4.69) is 40.3 Å². The lowest BCUT2D eigenvalue weighted by atomic mass is 9.87. The van der Waals surface area contributed by atoms with Crippen LogP contribution in [0.4, 0.5) is 13.2 Å². The van der Waals surface area contributed by atoms with Gasteiger partial charge in [0.2, 0.25) is 0 Å². The number of benzene rings is 2. The summed E-state index contributed by atoms with van der Waals surface area (Å²) in [7, 11) is 0. The first-order valence-electron chi connectivity index (χ1n) is 14.0. The SMILES string of the molecule is FC(F)(F)c1cccc(C(CCNC2CCCCC2)c2cn(CC3CCCCC3)c3ccccc23)c1.